The minimum absolute atomic E-state index is 0.648. The molecule has 0 unspecified atom stereocenters. The molecule has 0 atom stereocenters. The lowest BCUT2D eigenvalue weighted by molar-refractivity contribution is -0.0779. The van der Waals surface area contributed by atoms with E-state index in [4.69, 9.17) is 9.22 Å². The summed E-state index contributed by atoms with van der Waals surface area (Å²) in [5, 5.41) is 3.48. The summed E-state index contributed by atoms with van der Waals surface area (Å²) < 4.78 is 6.89. The largest absolute Gasteiger partial charge is 0.325 e. The lowest BCUT2D eigenvalue weighted by Crippen LogP contribution is -1.89. The molecule has 0 N–H and O–H groups in total. The topological polar surface area (TPSA) is 49.2 Å². The Labute approximate surface area is 118 Å². The second-order valence-electron chi connectivity index (χ2n) is 3.48. The van der Waals surface area contributed by atoms with Crippen LogP contribution in [0.2, 0.25) is 0 Å². The van der Waals surface area contributed by atoms with Crippen molar-refractivity contribution in [2.24, 2.45) is 0 Å². The number of thiazole rings is 1. The summed E-state index contributed by atoms with van der Waals surface area (Å²) in [6, 6.07) is 9.29. The summed E-state index contributed by atoms with van der Waals surface area (Å²) in [4.78, 5) is 13.5. The summed E-state index contributed by atoms with van der Waals surface area (Å²) in [5.74, 6) is 0.648. The number of para-hydroxylation sites is 1. The van der Waals surface area contributed by atoms with Gasteiger partial charge in [-0.15, -0.1) is 15.7 Å². The number of hydrogen-bond acceptors (Lipinski definition) is 6. The molecule has 0 amide bonds. The smallest absolute Gasteiger partial charge is 0.194 e. The number of imidazole rings is 1. The Balaban J connectivity index is 1.56. The van der Waals surface area contributed by atoms with Gasteiger partial charge in [0.25, 0.3) is 0 Å². The molecule has 2 heterocycles. The van der Waals surface area contributed by atoms with Gasteiger partial charge in [0, 0.05) is 17.8 Å². The molecule has 3 rings (SSSR count). The van der Waals surface area contributed by atoms with Crippen molar-refractivity contribution < 1.29 is 9.22 Å². The molecule has 0 saturated heterocycles. The zero-order valence-corrected chi connectivity index (χ0v) is 11.3. The van der Waals surface area contributed by atoms with Crippen molar-refractivity contribution in [3.63, 3.8) is 0 Å². The molecule has 0 fully saturated rings. The number of aromatic nitrogens is 3. The summed E-state index contributed by atoms with van der Waals surface area (Å²) in [7, 11) is 0. The van der Waals surface area contributed by atoms with Crippen LogP contribution in [0.4, 0.5) is 0 Å². The maximum atomic E-state index is 5.11. The van der Waals surface area contributed by atoms with Crippen LogP contribution in [0.1, 0.15) is 0 Å². The zero-order chi connectivity index (χ0) is 12.9. The van der Waals surface area contributed by atoms with Crippen LogP contribution in [0.25, 0.3) is 5.13 Å². The van der Waals surface area contributed by atoms with Crippen molar-refractivity contribution in [1.29, 1.82) is 0 Å². The van der Waals surface area contributed by atoms with E-state index in [9.17, 15) is 0 Å². The van der Waals surface area contributed by atoms with Crippen LogP contribution in [0.3, 0.4) is 0 Å². The number of benzene rings is 1. The standard InChI is InChI=1S/C12H9N3O2S2/c1-2-4-10(5-3-1)16-17-19-11-8-15(9-14-11)12-13-6-7-18-12/h1-9H. The van der Waals surface area contributed by atoms with E-state index in [0.29, 0.717) is 10.8 Å². The lowest BCUT2D eigenvalue weighted by atomic mass is 10.3. The Morgan fingerprint density at radius 1 is 1.16 bits per heavy atom. The van der Waals surface area contributed by atoms with Gasteiger partial charge in [0.2, 0.25) is 0 Å². The average Bonchev–Trinajstić information content (AvgIpc) is 3.10. The first-order valence-corrected chi connectivity index (χ1v) is 7.04. The quantitative estimate of drug-likeness (QED) is 0.410. The van der Waals surface area contributed by atoms with Crippen molar-refractivity contribution >= 4 is 23.4 Å². The van der Waals surface area contributed by atoms with E-state index in [0.717, 1.165) is 17.2 Å². The molecular weight excluding hydrogens is 282 g/mol. The van der Waals surface area contributed by atoms with Gasteiger partial charge >= 0.3 is 0 Å². The third kappa shape index (κ3) is 3.14. The lowest BCUT2D eigenvalue weighted by Gasteiger charge is -2.00. The summed E-state index contributed by atoms with van der Waals surface area (Å²) in [5.41, 5.74) is 0. The highest BCUT2D eigenvalue weighted by Crippen LogP contribution is 2.21. The van der Waals surface area contributed by atoms with E-state index in [-0.39, 0.29) is 0 Å². The molecule has 1 aromatic carbocycles. The van der Waals surface area contributed by atoms with Crippen LogP contribution in [-0.4, -0.2) is 14.5 Å². The fourth-order valence-corrected chi connectivity index (χ4v) is 2.38. The normalized spacial score (nSPS) is 10.5. The Hall–Kier alpha value is -1.83. The van der Waals surface area contributed by atoms with E-state index in [1.165, 1.54) is 0 Å². The molecule has 96 valence electrons. The predicted octanol–water partition coefficient (Wildman–Crippen LogP) is 3.35. The second-order valence-corrected chi connectivity index (χ2v) is 5.08. The molecular formula is C12H9N3O2S2. The van der Waals surface area contributed by atoms with Crippen LogP contribution in [-0.2, 0) is 4.33 Å². The highest BCUT2D eigenvalue weighted by molar-refractivity contribution is 7.94. The van der Waals surface area contributed by atoms with E-state index in [2.05, 4.69) is 9.97 Å². The van der Waals surface area contributed by atoms with Gasteiger partial charge in [-0.2, -0.15) is 0 Å². The summed E-state index contributed by atoms with van der Waals surface area (Å²) >= 11 is 2.60. The van der Waals surface area contributed by atoms with Gasteiger partial charge in [0.05, 0.1) is 0 Å². The van der Waals surface area contributed by atoms with Crippen molar-refractivity contribution in [2.75, 3.05) is 0 Å². The van der Waals surface area contributed by atoms with Crippen LogP contribution in [0, 0.1) is 0 Å². The molecule has 0 aliphatic heterocycles. The summed E-state index contributed by atoms with van der Waals surface area (Å²) in [6.45, 7) is 0. The number of hydrogen-bond donors (Lipinski definition) is 0. The summed E-state index contributed by atoms with van der Waals surface area (Å²) in [6.07, 6.45) is 5.27. The van der Waals surface area contributed by atoms with Crippen molar-refractivity contribution in [3.8, 4) is 10.9 Å². The maximum Gasteiger partial charge on any atom is 0.194 e. The van der Waals surface area contributed by atoms with Crippen molar-refractivity contribution in [2.45, 2.75) is 5.03 Å². The van der Waals surface area contributed by atoms with Gasteiger partial charge in [-0.05, 0) is 12.1 Å². The molecule has 0 bridgehead atoms. The molecule has 0 saturated carbocycles. The van der Waals surface area contributed by atoms with Gasteiger partial charge < -0.3 is 4.89 Å². The van der Waals surface area contributed by atoms with Gasteiger partial charge in [-0.1, -0.05) is 18.2 Å². The predicted molar refractivity (Wildman–Crippen MR) is 73.2 cm³/mol. The van der Waals surface area contributed by atoms with Gasteiger partial charge in [-0.25, -0.2) is 9.97 Å². The Kier molecular flexibility index (Phi) is 3.78. The Morgan fingerprint density at radius 3 is 2.84 bits per heavy atom. The fraction of sp³-hybridized carbons (Fsp3) is 0. The van der Waals surface area contributed by atoms with Crippen LogP contribution in [0.5, 0.6) is 5.75 Å². The Morgan fingerprint density at radius 2 is 2.05 bits per heavy atom. The third-order valence-corrected chi connectivity index (χ3v) is 3.49. The van der Waals surface area contributed by atoms with Crippen LogP contribution in [0.15, 0.2) is 59.5 Å². The molecule has 19 heavy (non-hydrogen) atoms. The van der Waals surface area contributed by atoms with Crippen LogP contribution >= 0.6 is 23.4 Å². The van der Waals surface area contributed by atoms with Crippen molar-refractivity contribution in [1.82, 2.24) is 14.5 Å². The first-order chi connectivity index (χ1) is 9.42. The second kappa shape index (κ2) is 5.87. The van der Waals surface area contributed by atoms with E-state index < -0.39 is 0 Å². The fourth-order valence-electron chi connectivity index (χ4n) is 1.36. The number of nitrogens with zero attached hydrogens (tertiary/aromatic N) is 3. The minimum Gasteiger partial charge on any atom is -0.325 e. The van der Waals surface area contributed by atoms with Gasteiger partial charge in [-0.3, -0.25) is 4.57 Å². The minimum atomic E-state index is 0.648. The van der Waals surface area contributed by atoms with Crippen molar-refractivity contribution in [3.05, 3.63) is 54.4 Å². The molecule has 0 aliphatic rings. The highest BCUT2D eigenvalue weighted by atomic mass is 32.2. The maximum absolute atomic E-state index is 5.11. The van der Waals surface area contributed by atoms with E-state index >= 15 is 0 Å². The molecule has 5 nitrogen and oxygen atoms in total. The molecule has 2 aromatic heterocycles. The zero-order valence-electron chi connectivity index (χ0n) is 9.67. The van der Waals surface area contributed by atoms with E-state index in [1.54, 1.807) is 23.9 Å². The molecule has 3 aromatic rings. The molecule has 0 spiro atoms. The average molecular weight is 291 g/mol. The molecule has 0 radical (unpaired) electrons. The monoisotopic (exact) mass is 291 g/mol. The first kappa shape index (κ1) is 12.2. The SMILES string of the molecule is c1ccc(OOSc2cn(-c3nccs3)cn2)cc1. The number of rotatable bonds is 5. The Bertz CT molecular complexity index is 625. The van der Waals surface area contributed by atoms with Crippen LogP contribution < -0.4 is 4.89 Å². The van der Waals surface area contributed by atoms with E-state index in [1.807, 2.05) is 46.5 Å². The van der Waals surface area contributed by atoms with Gasteiger partial charge in [0.1, 0.15) is 23.4 Å². The first-order valence-electron chi connectivity index (χ1n) is 5.42. The molecule has 7 heteroatoms. The third-order valence-electron chi connectivity index (χ3n) is 2.19. The highest BCUT2D eigenvalue weighted by Gasteiger charge is 2.05. The molecule has 0 aliphatic carbocycles. The van der Waals surface area contributed by atoms with Gasteiger partial charge in [0.15, 0.2) is 10.9 Å².